The van der Waals surface area contributed by atoms with Crippen LogP contribution in [0.5, 0.6) is 0 Å². The van der Waals surface area contributed by atoms with Gasteiger partial charge in [-0.2, -0.15) is 0 Å². The van der Waals surface area contributed by atoms with E-state index < -0.39 is 0 Å². The second-order valence-corrected chi connectivity index (χ2v) is 4.84. The highest BCUT2D eigenvalue weighted by Crippen LogP contribution is 2.19. The largest absolute Gasteiger partial charge is 0.328 e. The zero-order chi connectivity index (χ0) is 12.4. The van der Waals surface area contributed by atoms with Crippen molar-refractivity contribution in [3.05, 3.63) is 29.8 Å². The lowest BCUT2D eigenvalue weighted by Crippen LogP contribution is -2.32. The summed E-state index contributed by atoms with van der Waals surface area (Å²) in [6, 6.07) is 8.35. The zero-order valence-electron chi connectivity index (χ0n) is 10.3. The van der Waals surface area contributed by atoms with Gasteiger partial charge in [-0.3, -0.25) is 15.2 Å². The lowest BCUT2D eigenvalue weighted by Gasteiger charge is -2.17. The summed E-state index contributed by atoms with van der Waals surface area (Å²) in [5.41, 5.74) is 10.9. The number of amides is 1. The Morgan fingerprint density at radius 2 is 2.12 bits per heavy atom. The van der Waals surface area contributed by atoms with Gasteiger partial charge in [0.25, 0.3) is 0 Å². The van der Waals surface area contributed by atoms with Crippen molar-refractivity contribution < 1.29 is 4.79 Å². The number of anilines is 1. The second kappa shape index (κ2) is 4.75. The molecular formula is C13H19N3O. The molecule has 3 N–H and O–H groups in total. The van der Waals surface area contributed by atoms with Crippen molar-refractivity contribution in [3.63, 3.8) is 0 Å². The minimum absolute atomic E-state index is 0.0544. The van der Waals surface area contributed by atoms with Gasteiger partial charge in [-0.05, 0) is 31.0 Å². The molecule has 4 heteroatoms. The first-order valence-electron chi connectivity index (χ1n) is 5.99. The van der Waals surface area contributed by atoms with E-state index in [1.165, 1.54) is 5.56 Å². The van der Waals surface area contributed by atoms with Crippen LogP contribution < -0.4 is 16.2 Å². The van der Waals surface area contributed by atoms with Gasteiger partial charge in [-0.1, -0.05) is 19.1 Å². The molecule has 0 aliphatic carbocycles. The van der Waals surface area contributed by atoms with Crippen LogP contribution in [-0.2, 0) is 11.2 Å². The van der Waals surface area contributed by atoms with E-state index in [9.17, 15) is 4.79 Å². The van der Waals surface area contributed by atoms with Crippen LogP contribution in [0.2, 0.25) is 0 Å². The SMILES string of the molecule is CC(N)Cc1ccc(N2CC(C)C(=O)N2)cc1. The quantitative estimate of drug-likeness (QED) is 0.821. The molecule has 1 aliphatic rings. The Bertz CT molecular complexity index is 400. The monoisotopic (exact) mass is 233 g/mol. The average Bonchev–Trinajstić information content (AvgIpc) is 2.59. The number of nitrogens with one attached hydrogen (secondary N) is 1. The Kier molecular flexibility index (Phi) is 3.33. The van der Waals surface area contributed by atoms with Crippen molar-refractivity contribution >= 4 is 11.6 Å². The number of rotatable bonds is 3. The van der Waals surface area contributed by atoms with Gasteiger partial charge in [-0.25, -0.2) is 0 Å². The summed E-state index contributed by atoms with van der Waals surface area (Å²) in [7, 11) is 0. The molecule has 2 unspecified atom stereocenters. The van der Waals surface area contributed by atoms with Crippen molar-refractivity contribution in [1.29, 1.82) is 0 Å². The van der Waals surface area contributed by atoms with Crippen LogP contribution in [-0.4, -0.2) is 18.5 Å². The van der Waals surface area contributed by atoms with Crippen molar-refractivity contribution in [3.8, 4) is 0 Å². The van der Waals surface area contributed by atoms with Gasteiger partial charge in [0.1, 0.15) is 0 Å². The van der Waals surface area contributed by atoms with Crippen LogP contribution in [0, 0.1) is 5.92 Å². The predicted octanol–water partition coefficient (Wildman–Crippen LogP) is 1.06. The number of hydrazine groups is 1. The molecule has 1 aromatic carbocycles. The molecule has 2 rings (SSSR count). The summed E-state index contributed by atoms with van der Waals surface area (Å²) in [4.78, 5) is 11.4. The van der Waals surface area contributed by atoms with Crippen molar-refractivity contribution in [2.24, 2.45) is 11.7 Å². The third-order valence-corrected chi connectivity index (χ3v) is 2.95. The third-order valence-electron chi connectivity index (χ3n) is 2.95. The topological polar surface area (TPSA) is 58.4 Å². The van der Waals surface area contributed by atoms with Gasteiger partial charge in [0, 0.05) is 6.04 Å². The Labute approximate surface area is 102 Å². The van der Waals surface area contributed by atoms with Gasteiger partial charge < -0.3 is 5.73 Å². The maximum absolute atomic E-state index is 11.4. The molecule has 0 aromatic heterocycles. The zero-order valence-corrected chi connectivity index (χ0v) is 10.3. The molecule has 1 saturated heterocycles. The maximum Gasteiger partial charge on any atom is 0.243 e. The average molecular weight is 233 g/mol. The van der Waals surface area contributed by atoms with Crippen molar-refractivity contribution in [1.82, 2.24) is 5.43 Å². The van der Waals surface area contributed by atoms with E-state index >= 15 is 0 Å². The molecule has 1 heterocycles. The van der Waals surface area contributed by atoms with Gasteiger partial charge >= 0.3 is 0 Å². The summed E-state index contributed by atoms with van der Waals surface area (Å²) in [6.45, 7) is 4.65. The summed E-state index contributed by atoms with van der Waals surface area (Å²) in [6.07, 6.45) is 0.878. The van der Waals surface area contributed by atoms with Crippen LogP contribution in [0.25, 0.3) is 0 Å². The lowest BCUT2D eigenvalue weighted by atomic mass is 10.1. The first-order chi connectivity index (χ1) is 8.06. The summed E-state index contributed by atoms with van der Waals surface area (Å²) >= 11 is 0. The summed E-state index contributed by atoms with van der Waals surface area (Å²) in [5.74, 6) is 0.142. The molecular weight excluding hydrogens is 214 g/mol. The Hall–Kier alpha value is -1.55. The summed E-state index contributed by atoms with van der Waals surface area (Å²) in [5, 5.41) is 1.89. The number of carbonyl (C=O) groups excluding carboxylic acids is 1. The molecule has 1 fully saturated rings. The first kappa shape index (κ1) is 11.9. The van der Waals surface area contributed by atoms with Gasteiger partial charge in [0.2, 0.25) is 5.91 Å². The van der Waals surface area contributed by atoms with Crippen molar-refractivity contribution in [2.75, 3.05) is 11.6 Å². The fourth-order valence-corrected chi connectivity index (χ4v) is 2.00. The molecule has 1 aromatic rings. The standard InChI is InChI=1S/C13H19N3O/c1-9-8-16(15-13(9)17)12-5-3-11(4-6-12)7-10(2)14/h3-6,9-10H,7-8,14H2,1-2H3,(H,15,17). The first-order valence-corrected chi connectivity index (χ1v) is 5.99. The molecule has 0 radical (unpaired) electrons. The lowest BCUT2D eigenvalue weighted by molar-refractivity contribution is -0.121. The maximum atomic E-state index is 11.4. The Morgan fingerprint density at radius 3 is 2.59 bits per heavy atom. The van der Waals surface area contributed by atoms with Crippen molar-refractivity contribution in [2.45, 2.75) is 26.3 Å². The second-order valence-electron chi connectivity index (χ2n) is 4.84. The number of benzene rings is 1. The smallest absolute Gasteiger partial charge is 0.243 e. The van der Waals surface area contributed by atoms with E-state index in [1.54, 1.807) is 0 Å². The van der Waals surface area contributed by atoms with E-state index in [4.69, 9.17) is 5.73 Å². The normalized spacial score (nSPS) is 21.5. The molecule has 1 aliphatic heterocycles. The molecule has 0 saturated carbocycles. The van der Waals surface area contributed by atoms with E-state index in [-0.39, 0.29) is 17.9 Å². The van der Waals surface area contributed by atoms with Crippen LogP contribution in [0.15, 0.2) is 24.3 Å². The third kappa shape index (κ3) is 2.77. The van der Waals surface area contributed by atoms with E-state index in [1.807, 2.05) is 31.0 Å². The van der Waals surface area contributed by atoms with E-state index in [2.05, 4.69) is 17.6 Å². The minimum Gasteiger partial charge on any atom is -0.328 e. The number of hydrogen-bond donors (Lipinski definition) is 2. The molecule has 0 bridgehead atoms. The highest BCUT2D eigenvalue weighted by Gasteiger charge is 2.26. The van der Waals surface area contributed by atoms with Crippen LogP contribution in [0.4, 0.5) is 5.69 Å². The van der Waals surface area contributed by atoms with Crippen LogP contribution in [0.3, 0.4) is 0 Å². The number of hydrogen-bond acceptors (Lipinski definition) is 3. The molecule has 0 spiro atoms. The highest BCUT2D eigenvalue weighted by atomic mass is 16.2. The Morgan fingerprint density at radius 1 is 1.47 bits per heavy atom. The minimum atomic E-state index is 0.0544. The molecule has 2 atom stereocenters. The Balaban J connectivity index is 2.06. The predicted molar refractivity (Wildman–Crippen MR) is 68.4 cm³/mol. The van der Waals surface area contributed by atoms with Crippen LogP contribution in [0.1, 0.15) is 19.4 Å². The summed E-state index contributed by atoms with van der Waals surface area (Å²) < 4.78 is 0. The van der Waals surface area contributed by atoms with Gasteiger partial charge in [0.05, 0.1) is 18.2 Å². The van der Waals surface area contributed by atoms with E-state index in [0.717, 1.165) is 18.7 Å². The molecule has 92 valence electrons. The number of carbonyl (C=O) groups is 1. The number of nitrogens with zero attached hydrogens (tertiary/aromatic N) is 1. The van der Waals surface area contributed by atoms with Crippen LogP contribution >= 0.6 is 0 Å². The van der Waals surface area contributed by atoms with E-state index in [0.29, 0.717) is 0 Å². The number of nitrogens with two attached hydrogens (primary N) is 1. The molecule has 17 heavy (non-hydrogen) atoms. The fraction of sp³-hybridized carbons (Fsp3) is 0.462. The highest BCUT2D eigenvalue weighted by molar-refractivity contribution is 5.83. The fourth-order valence-electron chi connectivity index (χ4n) is 2.00. The molecule has 1 amide bonds. The molecule has 4 nitrogen and oxygen atoms in total. The van der Waals surface area contributed by atoms with Gasteiger partial charge in [0.15, 0.2) is 0 Å². The van der Waals surface area contributed by atoms with Gasteiger partial charge in [-0.15, -0.1) is 0 Å².